The predicted molar refractivity (Wildman–Crippen MR) is 92.7 cm³/mol. The fourth-order valence-electron chi connectivity index (χ4n) is 2.86. The van der Waals surface area contributed by atoms with Crippen LogP contribution in [0.1, 0.15) is 46.2 Å². The van der Waals surface area contributed by atoms with Gasteiger partial charge in [-0.05, 0) is 50.9 Å². The summed E-state index contributed by atoms with van der Waals surface area (Å²) in [5.41, 5.74) is 2.13. The quantitative estimate of drug-likeness (QED) is 0.766. The minimum absolute atomic E-state index is 0.972. The van der Waals surface area contributed by atoms with Crippen LogP contribution in [0.2, 0.25) is 0 Å². The molecule has 2 saturated heterocycles. The number of H-pyrrole nitrogens is 1. The van der Waals surface area contributed by atoms with Gasteiger partial charge >= 0.3 is 0 Å². The van der Waals surface area contributed by atoms with Crippen LogP contribution in [-0.4, -0.2) is 34.5 Å². The summed E-state index contributed by atoms with van der Waals surface area (Å²) < 4.78 is 0. The van der Waals surface area contributed by atoms with Crippen LogP contribution in [0.4, 0.5) is 0 Å². The SMILES string of the molecule is CC.CC.CN1CC2CC1C2.Cc1cc2cccnc2[nH]1. The Hall–Kier alpha value is -1.35. The standard InChI is InChI=1S/C8H8N2.C6H11N.2C2H6/c1-6-5-7-3-2-4-9-8(7)10-6;1-7-4-5-2-6(7)3-5;2*1-2/h2-5H,1H3,(H,9,10);5-6H,2-4H2,1H3;2*1-2H3. The van der Waals surface area contributed by atoms with E-state index >= 15 is 0 Å². The molecule has 2 aromatic rings. The van der Waals surface area contributed by atoms with E-state index in [2.05, 4.69) is 28.0 Å². The maximum absolute atomic E-state index is 4.15. The zero-order valence-corrected chi connectivity index (χ0v) is 14.5. The number of hydrogen-bond donors (Lipinski definition) is 1. The molecule has 3 aliphatic rings. The highest BCUT2D eigenvalue weighted by Crippen LogP contribution is 2.38. The van der Waals surface area contributed by atoms with Crippen LogP contribution in [0, 0.1) is 12.8 Å². The molecule has 0 spiro atoms. The number of aromatic amines is 1. The van der Waals surface area contributed by atoms with Crippen molar-refractivity contribution in [2.24, 2.45) is 5.92 Å². The predicted octanol–water partition coefficient (Wildman–Crippen LogP) is 4.63. The summed E-state index contributed by atoms with van der Waals surface area (Å²) in [6, 6.07) is 7.06. The summed E-state index contributed by atoms with van der Waals surface area (Å²) in [6.45, 7) is 11.4. The molecular formula is C18H31N3. The van der Waals surface area contributed by atoms with Crippen LogP contribution >= 0.6 is 0 Å². The van der Waals surface area contributed by atoms with Gasteiger partial charge in [-0.1, -0.05) is 27.7 Å². The second-order valence-corrected chi connectivity index (χ2v) is 5.32. The highest BCUT2D eigenvalue weighted by atomic mass is 15.2. The van der Waals surface area contributed by atoms with Crippen molar-refractivity contribution in [3.63, 3.8) is 0 Å². The van der Waals surface area contributed by atoms with E-state index in [0.29, 0.717) is 0 Å². The van der Waals surface area contributed by atoms with Crippen LogP contribution in [0.15, 0.2) is 24.4 Å². The smallest absolute Gasteiger partial charge is 0.137 e. The molecule has 5 rings (SSSR count). The Bertz CT molecular complexity index is 479. The van der Waals surface area contributed by atoms with E-state index in [1.165, 1.54) is 24.8 Å². The van der Waals surface area contributed by atoms with Gasteiger partial charge in [0.25, 0.3) is 0 Å². The van der Waals surface area contributed by atoms with Gasteiger partial charge in [0, 0.05) is 29.9 Å². The second kappa shape index (κ2) is 8.83. The largest absolute Gasteiger partial charge is 0.344 e. The first-order chi connectivity index (χ1) is 10.2. The van der Waals surface area contributed by atoms with Gasteiger partial charge in [0.2, 0.25) is 0 Å². The maximum atomic E-state index is 4.15. The summed E-state index contributed by atoms with van der Waals surface area (Å²) >= 11 is 0. The Balaban J connectivity index is 0.000000176. The Kier molecular flexibility index (Phi) is 7.44. The van der Waals surface area contributed by atoms with Gasteiger partial charge in [0.15, 0.2) is 0 Å². The number of fused-ring (bicyclic) bond motifs is 2. The van der Waals surface area contributed by atoms with Crippen molar-refractivity contribution in [1.29, 1.82) is 0 Å². The van der Waals surface area contributed by atoms with E-state index < -0.39 is 0 Å². The Morgan fingerprint density at radius 2 is 1.86 bits per heavy atom. The van der Waals surface area contributed by atoms with Crippen molar-refractivity contribution in [1.82, 2.24) is 14.9 Å². The number of hydrogen-bond acceptors (Lipinski definition) is 2. The average molecular weight is 289 g/mol. The molecule has 4 heterocycles. The monoisotopic (exact) mass is 289 g/mol. The summed E-state index contributed by atoms with van der Waals surface area (Å²) in [5.74, 6) is 1.09. The lowest BCUT2D eigenvalue weighted by molar-refractivity contribution is 0.285. The van der Waals surface area contributed by atoms with Crippen LogP contribution in [-0.2, 0) is 0 Å². The van der Waals surface area contributed by atoms with Gasteiger partial charge in [0.05, 0.1) is 0 Å². The van der Waals surface area contributed by atoms with Crippen LogP contribution < -0.4 is 0 Å². The molecule has 3 heteroatoms. The van der Waals surface area contributed by atoms with Gasteiger partial charge in [-0.25, -0.2) is 4.98 Å². The number of nitrogens with one attached hydrogen (secondary N) is 1. The molecule has 118 valence electrons. The van der Waals surface area contributed by atoms with Crippen LogP contribution in [0.5, 0.6) is 0 Å². The molecule has 0 radical (unpaired) electrons. The van der Waals surface area contributed by atoms with Crippen molar-refractivity contribution in [3.8, 4) is 0 Å². The van der Waals surface area contributed by atoms with Gasteiger partial charge in [-0.3, -0.25) is 0 Å². The van der Waals surface area contributed by atoms with E-state index in [4.69, 9.17) is 0 Å². The van der Waals surface area contributed by atoms with Crippen molar-refractivity contribution < 1.29 is 0 Å². The first-order valence-corrected chi connectivity index (χ1v) is 8.33. The van der Waals surface area contributed by atoms with Gasteiger partial charge < -0.3 is 9.88 Å². The molecule has 3 nitrogen and oxygen atoms in total. The molecular weight excluding hydrogens is 258 g/mol. The molecule has 21 heavy (non-hydrogen) atoms. The molecule has 0 atom stereocenters. The van der Waals surface area contributed by atoms with E-state index in [-0.39, 0.29) is 0 Å². The topological polar surface area (TPSA) is 31.9 Å². The Morgan fingerprint density at radius 1 is 1.19 bits per heavy atom. The summed E-state index contributed by atoms with van der Waals surface area (Å²) in [7, 11) is 2.23. The number of rotatable bonds is 0. The zero-order chi connectivity index (χ0) is 15.8. The maximum Gasteiger partial charge on any atom is 0.137 e. The van der Waals surface area contributed by atoms with Gasteiger partial charge in [0.1, 0.15) is 5.65 Å². The third kappa shape index (κ3) is 4.57. The van der Waals surface area contributed by atoms with E-state index in [1.54, 1.807) is 6.20 Å². The summed E-state index contributed by atoms with van der Waals surface area (Å²) in [5, 5.41) is 1.18. The lowest BCUT2D eigenvalue weighted by Crippen LogP contribution is -2.25. The van der Waals surface area contributed by atoms with Crippen LogP contribution in [0.3, 0.4) is 0 Å². The van der Waals surface area contributed by atoms with E-state index in [9.17, 15) is 0 Å². The van der Waals surface area contributed by atoms with Gasteiger partial charge in [-0.2, -0.15) is 0 Å². The molecule has 1 aliphatic carbocycles. The second-order valence-electron chi connectivity index (χ2n) is 5.32. The highest BCUT2D eigenvalue weighted by Gasteiger charge is 2.39. The van der Waals surface area contributed by atoms with Crippen molar-refractivity contribution in [2.75, 3.05) is 13.6 Å². The lowest BCUT2D eigenvalue weighted by atomic mass is 9.86. The molecule has 2 bridgehead atoms. The number of aromatic nitrogens is 2. The molecule has 3 fully saturated rings. The third-order valence-electron chi connectivity index (χ3n) is 3.91. The first kappa shape index (κ1) is 17.7. The average Bonchev–Trinajstić information content (AvgIpc) is 3.14. The molecule has 2 aromatic heterocycles. The number of pyridine rings is 1. The third-order valence-corrected chi connectivity index (χ3v) is 3.91. The molecule has 0 amide bonds. The van der Waals surface area contributed by atoms with Crippen molar-refractivity contribution >= 4 is 11.0 Å². The fourth-order valence-corrected chi connectivity index (χ4v) is 2.86. The Labute approximate surface area is 129 Å². The summed E-state index contributed by atoms with van der Waals surface area (Å²) in [4.78, 5) is 9.77. The Morgan fingerprint density at radius 3 is 2.29 bits per heavy atom. The molecule has 2 aliphatic heterocycles. The minimum atomic E-state index is 0.972. The number of aryl methyl sites for hydroxylation is 1. The molecule has 0 unspecified atom stereocenters. The van der Waals surface area contributed by atoms with Crippen molar-refractivity contribution in [2.45, 2.75) is 53.5 Å². The minimum Gasteiger partial charge on any atom is -0.344 e. The van der Waals surface area contributed by atoms with Gasteiger partial charge in [-0.15, -0.1) is 0 Å². The molecule has 1 saturated carbocycles. The van der Waals surface area contributed by atoms with E-state index in [1.807, 2.05) is 46.8 Å². The lowest BCUT2D eigenvalue weighted by Gasteiger charge is -2.23. The molecule has 0 aromatic carbocycles. The summed E-state index contributed by atoms with van der Waals surface area (Å²) in [6.07, 6.45) is 4.78. The zero-order valence-electron chi connectivity index (χ0n) is 14.5. The first-order valence-electron chi connectivity index (χ1n) is 8.33. The fraction of sp³-hybridized carbons (Fsp3) is 0.611. The van der Waals surface area contributed by atoms with Crippen LogP contribution in [0.25, 0.3) is 11.0 Å². The van der Waals surface area contributed by atoms with E-state index in [0.717, 1.165) is 23.3 Å². The van der Waals surface area contributed by atoms with Crippen molar-refractivity contribution in [3.05, 3.63) is 30.1 Å². The molecule has 1 N–H and O–H groups in total. The number of nitrogens with zero attached hydrogens (tertiary/aromatic N) is 2. The highest BCUT2D eigenvalue weighted by molar-refractivity contribution is 5.75. The normalized spacial score (nSPS) is 22.0.